The predicted octanol–water partition coefficient (Wildman–Crippen LogP) is 4.46. The van der Waals surface area contributed by atoms with E-state index in [0.717, 1.165) is 15.8 Å². The summed E-state index contributed by atoms with van der Waals surface area (Å²) in [7, 11) is 0. The Morgan fingerprint density at radius 3 is 2.93 bits per heavy atom. The highest BCUT2D eigenvalue weighted by molar-refractivity contribution is 9.10. The first-order valence-electron chi connectivity index (χ1n) is 3.97. The van der Waals surface area contributed by atoms with Crippen LogP contribution >= 0.6 is 39.1 Å². The van der Waals surface area contributed by atoms with Gasteiger partial charge in [-0.1, -0.05) is 45.2 Å². The van der Waals surface area contributed by atoms with E-state index in [1.807, 2.05) is 25.1 Å². The number of halogens is 3. The molecule has 1 nitrogen and oxygen atoms in total. The highest BCUT2D eigenvalue weighted by atomic mass is 79.9. The van der Waals surface area contributed by atoms with Crippen molar-refractivity contribution in [3.05, 3.63) is 38.8 Å². The van der Waals surface area contributed by atoms with Crippen LogP contribution in [0.5, 0.6) is 5.75 Å². The van der Waals surface area contributed by atoms with Crippen LogP contribution in [0, 0.1) is 6.92 Å². The molecule has 0 aliphatic heterocycles. The van der Waals surface area contributed by atoms with E-state index in [-0.39, 0.29) is 0 Å². The molecule has 0 N–H and O–H groups in total. The monoisotopic (exact) mass is 294 g/mol. The standard InChI is InChI=1S/C10H9BrCl2O/c1-7-2-3-8(11)4-10(7)14-6-9(13)5-12/h2-5H,6H2,1H3/b9-5-. The van der Waals surface area contributed by atoms with Gasteiger partial charge < -0.3 is 4.74 Å². The summed E-state index contributed by atoms with van der Waals surface area (Å²) < 4.78 is 6.43. The number of hydrogen-bond acceptors (Lipinski definition) is 1. The van der Waals surface area contributed by atoms with Crippen LogP contribution in [-0.4, -0.2) is 6.61 Å². The minimum atomic E-state index is 0.294. The predicted molar refractivity (Wildman–Crippen MR) is 64.2 cm³/mol. The normalized spacial score (nSPS) is 11.6. The summed E-state index contributed by atoms with van der Waals surface area (Å²) in [5, 5.41) is 0.478. The Hall–Kier alpha value is -0.180. The van der Waals surface area contributed by atoms with Gasteiger partial charge in [-0.25, -0.2) is 0 Å². The molecule has 0 unspecified atom stereocenters. The van der Waals surface area contributed by atoms with Crippen LogP contribution in [0.2, 0.25) is 0 Å². The quantitative estimate of drug-likeness (QED) is 0.800. The molecule has 1 aromatic rings. The molecule has 0 radical (unpaired) electrons. The zero-order chi connectivity index (χ0) is 10.6. The van der Waals surface area contributed by atoms with E-state index in [9.17, 15) is 0 Å². The summed E-state index contributed by atoms with van der Waals surface area (Å²) in [6, 6.07) is 5.83. The van der Waals surface area contributed by atoms with Crippen molar-refractivity contribution in [2.45, 2.75) is 6.92 Å². The van der Waals surface area contributed by atoms with Crippen molar-refractivity contribution in [2.75, 3.05) is 6.61 Å². The lowest BCUT2D eigenvalue weighted by Crippen LogP contribution is -1.98. The Kier molecular flexibility index (Phi) is 4.79. The first-order chi connectivity index (χ1) is 6.63. The summed E-state index contributed by atoms with van der Waals surface area (Å²) in [6.45, 7) is 2.27. The molecule has 0 aromatic heterocycles. The fraction of sp³-hybridized carbons (Fsp3) is 0.200. The highest BCUT2D eigenvalue weighted by Crippen LogP contribution is 2.23. The van der Waals surface area contributed by atoms with Crippen LogP contribution in [0.25, 0.3) is 0 Å². The van der Waals surface area contributed by atoms with Crippen LogP contribution in [0.15, 0.2) is 33.2 Å². The molecule has 0 spiro atoms. The topological polar surface area (TPSA) is 9.23 Å². The van der Waals surface area contributed by atoms with E-state index in [2.05, 4.69) is 15.9 Å². The molecular formula is C10H9BrCl2O. The third kappa shape index (κ3) is 3.52. The van der Waals surface area contributed by atoms with E-state index >= 15 is 0 Å². The molecule has 0 atom stereocenters. The zero-order valence-corrected chi connectivity index (χ0v) is 10.7. The average Bonchev–Trinajstić information content (AvgIpc) is 2.19. The molecule has 0 saturated heterocycles. The minimum Gasteiger partial charge on any atom is -0.488 e. The van der Waals surface area contributed by atoms with Crippen molar-refractivity contribution >= 4 is 39.1 Å². The SMILES string of the molecule is Cc1ccc(Br)cc1OC/C(Cl)=C/Cl. The van der Waals surface area contributed by atoms with Gasteiger partial charge in [0.15, 0.2) is 0 Å². The lowest BCUT2D eigenvalue weighted by atomic mass is 10.2. The largest absolute Gasteiger partial charge is 0.488 e. The van der Waals surface area contributed by atoms with Crippen molar-refractivity contribution in [2.24, 2.45) is 0 Å². The van der Waals surface area contributed by atoms with Gasteiger partial charge in [0, 0.05) is 10.0 Å². The number of hydrogen-bond donors (Lipinski definition) is 0. The molecule has 0 aliphatic carbocycles. The molecule has 0 fully saturated rings. The molecule has 1 aromatic carbocycles. The molecule has 4 heteroatoms. The maximum Gasteiger partial charge on any atom is 0.125 e. The summed E-state index contributed by atoms with van der Waals surface area (Å²) in [4.78, 5) is 0. The maximum absolute atomic E-state index is 5.70. The second kappa shape index (κ2) is 5.64. The van der Waals surface area contributed by atoms with E-state index in [1.165, 1.54) is 5.54 Å². The lowest BCUT2D eigenvalue weighted by molar-refractivity contribution is 0.356. The van der Waals surface area contributed by atoms with Gasteiger partial charge in [0.05, 0.1) is 5.03 Å². The van der Waals surface area contributed by atoms with E-state index in [0.29, 0.717) is 11.6 Å². The van der Waals surface area contributed by atoms with Crippen molar-refractivity contribution in [1.29, 1.82) is 0 Å². The molecule has 1 rings (SSSR count). The average molecular weight is 296 g/mol. The van der Waals surface area contributed by atoms with E-state index in [1.54, 1.807) is 0 Å². The van der Waals surface area contributed by atoms with Crippen LogP contribution in [0.4, 0.5) is 0 Å². The maximum atomic E-state index is 5.70. The second-order valence-electron chi connectivity index (χ2n) is 2.75. The molecular weight excluding hydrogens is 287 g/mol. The smallest absolute Gasteiger partial charge is 0.125 e. The first-order valence-corrected chi connectivity index (χ1v) is 5.58. The first kappa shape index (κ1) is 11.9. The van der Waals surface area contributed by atoms with Gasteiger partial charge in [-0.05, 0) is 24.6 Å². The Bertz CT molecular complexity index is 350. The molecule has 0 bridgehead atoms. The third-order valence-electron chi connectivity index (χ3n) is 1.63. The van der Waals surface area contributed by atoms with Crippen LogP contribution in [0.1, 0.15) is 5.56 Å². The summed E-state index contributed by atoms with van der Waals surface area (Å²) in [5.41, 5.74) is 2.36. The van der Waals surface area contributed by atoms with Gasteiger partial charge in [-0.15, -0.1) is 0 Å². The van der Waals surface area contributed by atoms with Crippen molar-refractivity contribution in [1.82, 2.24) is 0 Å². The summed E-state index contributed by atoms with van der Waals surface area (Å²) in [5.74, 6) is 0.802. The van der Waals surface area contributed by atoms with Gasteiger partial charge >= 0.3 is 0 Å². The number of aryl methyl sites for hydroxylation is 1. The molecule has 0 heterocycles. The zero-order valence-electron chi connectivity index (χ0n) is 7.56. The summed E-state index contributed by atoms with van der Waals surface area (Å²) in [6.07, 6.45) is 0. The van der Waals surface area contributed by atoms with Gasteiger partial charge in [0.2, 0.25) is 0 Å². The third-order valence-corrected chi connectivity index (χ3v) is 2.72. The second-order valence-corrected chi connectivity index (χ2v) is 4.37. The molecule has 0 aliphatic rings. The Balaban J connectivity index is 2.71. The van der Waals surface area contributed by atoms with Crippen molar-refractivity contribution < 1.29 is 4.74 Å². The van der Waals surface area contributed by atoms with Gasteiger partial charge in [0.1, 0.15) is 12.4 Å². The fourth-order valence-electron chi connectivity index (χ4n) is 0.908. The lowest BCUT2D eigenvalue weighted by Gasteiger charge is -2.08. The number of benzene rings is 1. The Morgan fingerprint density at radius 1 is 1.57 bits per heavy atom. The van der Waals surface area contributed by atoms with E-state index < -0.39 is 0 Å². The van der Waals surface area contributed by atoms with Crippen molar-refractivity contribution in [3.63, 3.8) is 0 Å². The van der Waals surface area contributed by atoms with Crippen LogP contribution < -0.4 is 4.74 Å². The summed E-state index contributed by atoms with van der Waals surface area (Å²) >= 11 is 14.5. The van der Waals surface area contributed by atoms with Crippen molar-refractivity contribution in [3.8, 4) is 5.75 Å². The van der Waals surface area contributed by atoms with Gasteiger partial charge in [-0.3, -0.25) is 0 Å². The van der Waals surface area contributed by atoms with Gasteiger partial charge in [-0.2, -0.15) is 0 Å². The Morgan fingerprint density at radius 2 is 2.29 bits per heavy atom. The highest BCUT2D eigenvalue weighted by Gasteiger charge is 2.01. The number of ether oxygens (including phenoxy) is 1. The van der Waals surface area contributed by atoms with Crippen LogP contribution in [0.3, 0.4) is 0 Å². The van der Waals surface area contributed by atoms with E-state index in [4.69, 9.17) is 27.9 Å². The molecule has 14 heavy (non-hydrogen) atoms. The fourth-order valence-corrected chi connectivity index (χ4v) is 1.37. The van der Waals surface area contributed by atoms with Gasteiger partial charge in [0.25, 0.3) is 0 Å². The van der Waals surface area contributed by atoms with Crippen LogP contribution in [-0.2, 0) is 0 Å². The minimum absolute atomic E-state index is 0.294. The molecule has 0 amide bonds. The molecule has 76 valence electrons. The molecule has 0 saturated carbocycles. The Labute approximate surface area is 102 Å². The number of rotatable bonds is 3.